The fraction of sp³-hybridized carbons (Fsp3) is 0.143. The summed E-state index contributed by atoms with van der Waals surface area (Å²) < 4.78 is 98.9. The molecule has 1 aromatic carbocycles. The van der Waals surface area contributed by atoms with Crippen molar-refractivity contribution < 1.29 is 40.3 Å². The number of aryl methyl sites for hydroxylation is 1. The molecule has 0 unspecified atom stereocenters. The number of hydrogen-bond donors (Lipinski definition) is 2. The van der Waals surface area contributed by atoms with E-state index in [0.29, 0.717) is 27.6 Å². The number of nitrogens with zero attached hydrogens (tertiary/aromatic N) is 6. The van der Waals surface area contributed by atoms with Crippen LogP contribution >= 0.6 is 11.3 Å². The lowest BCUT2D eigenvalue weighted by Crippen LogP contribution is -2.18. The molecule has 6 aromatic rings. The molecular weight excluding hydrogens is 645 g/mol. The molecule has 3 N–H and O–H groups in total. The van der Waals surface area contributed by atoms with E-state index in [1.807, 2.05) is 0 Å². The molecule has 0 aliphatic rings. The second-order valence-corrected chi connectivity index (χ2v) is 11.0. The summed E-state index contributed by atoms with van der Waals surface area (Å²) in [5.74, 6) is -2.86. The number of anilines is 1. The maximum absolute atomic E-state index is 14.1. The van der Waals surface area contributed by atoms with Gasteiger partial charge in [-0.3, -0.25) is 14.3 Å². The molecular formula is C28H17F7N8O2S. The Morgan fingerprint density at radius 2 is 1.65 bits per heavy atom. The first-order chi connectivity index (χ1) is 21.5. The number of carbonyl (C=O) groups excluding carboxylic acids is 2. The molecule has 0 saturated heterocycles. The molecule has 0 saturated carbocycles. The van der Waals surface area contributed by atoms with E-state index in [1.165, 1.54) is 23.0 Å². The number of hydrogen-bond acceptors (Lipinski definition) is 7. The minimum atomic E-state index is -4.96. The molecule has 0 atom stereocenters. The quantitative estimate of drug-likeness (QED) is 0.210. The average molecular weight is 663 g/mol. The number of primary amides is 1. The molecule has 18 heteroatoms. The van der Waals surface area contributed by atoms with Gasteiger partial charge >= 0.3 is 12.4 Å². The van der Waals surface area contributed by atoms with Crippen LogP contribution < -0.4 is 11.1 Å². The Hall–Kier alpha value is -5.39. The van der Waals surface area contributed by atoms with Gasteiger partial charge in [-0.2, -0.15) is 36.5 Å². The minimum Gasteiger partial charge on any atom is -0.365 e. The Kier molecular flexibility index (Phi) is 7.06. The van der Waals surface area contributed by atoms with Crippen LogP contribution in [0.15, 0.2) is 48.7 Å². The van der Waals surface area contributed by atoms with Crippen LogP contribution in [0.2, 0.25) is 0 Å². The van der Waals surface area contributed by atoms with E-state index < -0.39 is 52.7 Å². The van der Waals surface area contributed by atoms with Crippen LogP contribution in [-0.4, -0.2) is 41.2 Å². The largest absolute Gasteiger partial charge is 0.433 e. The van der Waals surface area contributed by atoms with Crippen LogP contribution in [0.4, 0.5) is 36.4 Å². The second-order valence-electron chi connectivity index (χ2n) is 9.96. The van der Waals surface area contributed by atoms with Crippen molar-refractivity contribution in [3.05, 3.63) is 82.1 Å². The summed E-state index contributed by atoms with van der Waals surface area (Å²) in [4.78, 5) is 33.1. The van der Waals surface area contributed by atoms with Crippen LogP contribution in [0, 0.1) is 12.7 Å². The maximum Gasteiger partial charge on any atom is 0.433 e. The Labute approximate surface area is 256 Å². The van der Waals surface area contributed by atoms with Crippen LogP contribution in [0.25, 0.3) is 38.2 Å². The van der Waals surface area contributed by atoms with Crippen molar-refractivity contribution in [3.8, 4) is 22.4 Å². The first kappa shape index (κ1) is 30.6. The number of nitrogens with one attached hydrogen (secondary N) is 1. The van der Waals surface area contributed by atoms with Crippen molar-refractivity contribution in [1.82, 2.24) is 29.4 Å². The number of carbonyl (C=O) groups is 2. The van der Waals surface area contributed by atoms with E-state index in [2.05, 4.69) is 25.5 Å². The summed E-state index contributed by atoms with van der Waals surface area (Å²) in [5.41, 5.74) is 2.21. The highest BCUT2D eigenvalue weighted by molar-refractivity contribution is 7.21. The van der Waals surface area contributed by atoms with Gasteiger partial charge in [0.2, 0.25) is 0 Å². The molecule has 236 valence electrons. The van der Waals surface area contributed by atoms with Crippen molar-refractivity contribution in [2.75, 3.05) is 5.32 Å². The predicted molar refractivity (Wildman–Crippen MR) is 151 cm³/mol. The van der Waals surface area contributed by atoms with Crippen molar-refractivity contribution in [1.29, 1.82) is 0 Å². The zero-order valence-electron chi connectivity index (χ0n) is 23.2. The van der Waals surface area contributed by atoms with Gasteiger partial charge in [-0.1, -0.05) is 0 Å². The molecule has 0 spiro atoms. The minimum absolute atomic E-state index is 0.0762. The van der Waals surface area contributed by atoms with E-state index in [-0.39, 0.29) is 43.2 Å². The van der Waals surface area contributed by atoms with Gasteiger partial charge in [0.1, 0.15) is 21.2 Å². The van der Waals surface area contributed by atoms with E-state index >= 15 is 0 Å². The van der Waals surface area contributed by atoms with Gasteiger partial charge in [0.15, 0.2) is 17.0 Å². The Bertz CT molecular complexity index is 2200. The Morgan fingerprint density at radius 3 is 2.24 bits per heavy atom. The van der Waals surface area contributed by atoms with Crippen molar-refractivity contribution >= 4 is 44.7 Å². The number of rotatable bonds is 5. The maximum atomic E-state index is 14.1. The molecule has 46 heavy (non-hydrogen) atoms. The van der Waals surface area contributed by atoms with Gasteiger partial charge in [0.05, 0.1) is 17.6 Å². The fourth-order valence-corrected chi connectivity index (χ4v) is 5.75. The van der Waals surface area contributed by atoms with E-state index in [1.54, 1.807) is 14.0 Å². The summed E-state index contributed by atoms with van der Waals surface area (Å²) in [6.45, 7) is 1.59. The Morgan fingerprint density at radius 1 is 0.957 bits per heavy atom. The van der Waals surface area contributed by atoms with Gasteiger partial charge < -0.3 is 11.1 Å². The lowest BCUT2D eigenvalue weighted by Gasteiger charge is -2.12. The monoisotopic (exact) mass is 662 g/mol. The van der Waals surface area contributed by atoms with Crippen molar-refractivity contribution in [2.24, 2.45) is 12.8 Å². The van der Waals surface area contributed by atoms with Gasteiger partial charge in [0.25, 0.3) is 11.8 Å². The summed E-state index contributed by atoms with van der Waals surface area (Å²) in [6, 6.07) is 6.90. The van der Waals surface area contributed by atoms with Gasteiger partial charge in [-0.05, 0) is 48.9 Å². The van der Waals surface area contributed by atoms with Crippen LogP contribution in [0.5, 0.6) is 0 Å². The first-order valence-corrected chi connectivity index (χ1v) is 13.7. The summed E-state index contributed by atoms with van der Waals surface area (Å²) in [5, 5.41) is 10.2. The normalized spacial score (nSPS) is 12.3. The molecule has 10 nitrogen and oxygen atoms in total. The van der Waals surface area contributed by atoms with E-state index in [4.69, 9.17) is 5.73 Å². The number of fused-ring (bicyclic) bond motifs is 2. The lowest BCUT2D eigenvalue weighted by atomic mass is 10.0. The molecule has 0 aliphatic heterocycles. The van der Waals surface area contributed by atoms with Crippen LogP contribution in [0.3, 0.4) is 0 Å². The Balaban J connectivity index is 1.51. The highest BCUT2D eigenvalue weighted by Gasteiger charge is 2.37. The highest BCUT2D eigenvalue weighted by atomic mass is 32.1. The third-order valence-electron chi connectivity index (χ3n) is 7.03. The number of alkyl halides is 6. The zero-order chi connectivity index (χ0) is 33.3. The molecule has 0 aliphatic carbocycles. The molecule has 5 aromatic heterocycles. The third-order valence-corrected chi connectivity index (χ3v) is 8.13. The predicted octanol–water partition coefficient (Wildman–Crippen LogP) is 6.24. The smallest absolute Gasteiger partial charge is 0.365 e. The number of amides is 2. The summed E-state index contributed by atoms with van der Waals surface area (Å²) in [6.07, 6.45) is -8.55. The highest BCUT2D eigenvalue weighted by Crippen LogP contribution is 2.44. The lowest BCUT2D eigenvalue weighted by molar-refractivity contribution is -0.143. The third kappa shape index (κ3) is 5.29. The first-order valence-electron chi connectivity index (χ1n) is 12.9. The number of halogens is 7. The fourth-order valence-electron chi connectivity index (χ4n) is 4.75. The molecule has 6 rings (SSSR count). The van der Waals surface area contributed by atoms with Crippen molar-refractivity contribution in [2.45, 2.75) is 19.3 Å². The summed E-state index contributed by atoms with van der Waals surface area (Å²) >= 11 is 0.491. The molecule has 0 fully saturated rings. The van der Waals surface area contributed by atoms with Gasteiger partial charge in [-0.15, -0.1) is 11.3 Å². The topological polar surface area (TPSA) is 133 Å². The average Bonchev–Trinajstić information content (AvgIpc) is 3.67. The van der Waals surface area contributed by atoms with E-state index in [9.17, 15) is 40.3 Å². The van der Waals surface area contributed by atoms with E-state index in [0.717, 1.165) is 24.3 Å². The number of aromatic nitrogens is 6. The molecule has 0 radical (unpaired) electrons. The molecule has 5 heterocycles. The number of nitrogens with two attached hydrogens (primary N) is 1. The number of benzene rings is 1. The van der Waals surface area contributed by atoms with Gasteiger partial charge in [-0.25, -0.2) is 18.9 Å². The number of thiophene rings is 1. The SMILES string of the molecule is Cc1c(-c2cc(C(F)(F)F)nc3sc(C(N)=O)c(NC(=O)c4cc5nc(-c6ccc(F)cc6)cc(C(F)(F)F)n5n4)c23)cnn1C. The summed E-state index contributed by atoms with van der Waals surface area (Å²) in [7, 11) is 1.56. The van der Waals surface area contributed by atoms with Crippen LogP contribution in [0.1, 0.15) is 37.2 Å². The standard InChI is InChI=1S/C28H17F7N8O2S/c1-11-15(10-37-42(11)2)14-7-18(27(30,31)32)39-26-21(14)22(23(46-26)24(36)44)40-25(45)17-9-20-38-16(12-3-5-13(29)6-4-12)8-19(28(33,34)35)43(20)41-17/h3-10H,1-2H3,(H2,36,44)(H,40,45). The van der Waals surface area contributed by atoms with Crippen LogP contribution in [-0.2, 0) is 19.4 Å². The van der Waals surface area contributed by atoms with Gasteiger partial charge in [0, 0.05) is 35.3 Å². The van der Waals surface area contributed by atoms with Crippen molar-refractivity contribution in [3.63, 3.8) is 0 Å². The zero-order valence-corrected chi connectivity index (χ0v) is 24.1. The molecule has 0 bridgehead atoms. The second kappa shape index (κ2) is 10.6. The number of pyridine rings is 1. The molecule has 2 amide bonds.